The lowest BCUT2D eigenvalue weighted by Crippen LogP contribution is -2.29. The van der Waals surface area contributed by atoms with E-state index in [1.54, 1.807) is 12.1 Å². The fraction of sp³-hybridized carbons (Fsp3) is 0.417. The monoisotopic (exact) mass is 237 g/mol. The molecule has 0 radical (unpaired) electrons. The maximum absolute atomic E-state index is 13.4. The number of aryl methyl sites for hydroxylation is 1. The highest BCUT2D eigenvalue weighted by atomic mass is 19.1. The SMILES string of the molecule is Cc1ccc(N[C@H]2CNC[C@@H]2F)cc1C(N)=O. The van der Waals surface area contributed by atoms with Gasteiger partial charge < -0.3 is 16.4 Å². The van der Waals surface area contributed by atoms with Crippen LogP contribution in [0.15, 0.2) is 18.2 Å². The Morgan fingerprint density at radius 2 is 2.29 bits per heavy atom. The van der Waals surface area contributed by atoms with Gasteiger partial charge in [-0.05, 0) is 24.6 Å². The molecule has 4 nitrogen and oxygen atoms in total. The number of carbonyl (C=O) groups excluding carboxylic acids is 1. The molecule has 0 aliphatic carbocycles. The first-order chi connectivity index (χ1) is 8.08. The third-order valence-corrected chi connectivity index (χ3v) is 3.00. The van der Waals surface area contributed by atoms with Gasteiger partial charge in [-0.2, -0.15) is 0 Å². The first-order valence-electron chi connectivity index (χ1n) is 5.59. The van der Waals surface area contributed by atoms with Crippen molar-refractivity contribution < 1.29 is 9.18 Å². The van der Waals surface area contributed by atoms with Gasteiger partial charge in [-0.25, -0.2) is 4.39 Å². The molecule has 1 heterocycles. The Labute approximate surface area is 99.4 Å². The van der Waals surface area contributed by atoms with Crippen molar-refractivity contribution in [2.75, 3.05) is 18.4 Å². The largest absolute Gasteiger partial charge is 0.378 e. The number of carbonyl (C=O) groups is 1. The molecule has 0 bridgehead atoms. The molecule has 1 aliphatic heterocycles. The molecule has 1 aliphatic rings. The molecule has 0 unspecified atom stereocenters. The van der Waals surface area contributed by atoms with Crippen molar-refractivity contribution in [3.63, 3.8) is 0 Å². The highest BCUT2D eigenvalue weighted by Crippen LogP contribution is 2.18. The van der Waals surface area contributed by atoms with Gasteiger partial charge in [0.15, 0.2) is 0 Å². The number of anilines is 1. The second kappa shape index (κ2) is 4.71. The third kappa shape index (κ3) is 2.55. The van der Waals surface area contributed by atoms with Crippen molar-refractivity contribution in [2.45, 2.75) is 19.1 Å². The lowest BCUT2D eigenvalue weighted by atomic mass is 10.1. The normalized spacial score (nSPS) is 23.6. The van der Waals surface area contributed by atoms with Gasteiger partial charge in [0.1, 0.15) is 6.17 Å². The zero-order valence-electron chi connectivity index (χ0n) is 9.66. The topological polar surface area (TPSA) is 67.2 Å². The van der Waals surface area contributed by atoms with Crippen LogP contribution in [0, 0.1) is 6.92 Å². The Kier molecular flexibility index (Phi) is 3.28. The molecule has 0 spiro atoms. The summed E-state index contributed by atoms with van der Waals surface area (Å²) in [6.45, 7) is 2.77. The molecule has 5 heteroatoms. The van der Waals surface area contributed by atoms with Crippen molar-refractivity contribution in [3.05, 3.63) is 29.3 Å². The van der Waals surface area contributed by atoms with E-state index >= 15 is 0 Å². The third-order valence-electron chi connectivity index (χ3n) is 3.00. The number of hydrogen-bond donors (Lipinski definition) is 3. The van der Waals surface area contributed by atoms with Crippen LogP contribution in [0.5, 0.6) is 0 Å². The molecule has 2 atom stereocenters. The van der Waals surface area contributed by atoms with Crippen LogP contribution >= 0.6 is 0 Å². The summed E-state index contributed by atoms with van der Waals surface area (Å²) in [5, 5.41) is 6.03. The van der Waals surface area contributed by atoms with Gasteiger partial charge in [-0.15, -0.1) is 0 Å². The predicted molar refractivity (Wildman–Crippen MR) is 64.9 cm³/mol. The van der Waals surface area contributed by atoms with Gasteiger partial charge in [0, 0.05) is 24.3 Å². The van der Waals surface area contributed by atoms with Crippen molar-refractivity contribution in [1.82, 2.24) is 5.32 Å². The van der Waals surface area contributed by atoms with Crippen molar-refractivity contribution >= 4 is 11.6 Å². The van der Waals surface area contributed by atoms with Crippen LogP contribution < -0.4 is 16.4 Å². The standard InChI is InChI=1S/C12H16FN3O/c1-7-2-3-8(4-9(7)12(14)17)16-11-6-15-5-10(11)13/h2-4,10-11,15-16H,5-6H2,1H3,(H2,14,17)/t10-,11-/m0/s1. The Hall–Kier alpha value is -1.62. The molecule has 1 aromatic carbocycles. The van der Waals surface area contributed by atoms with E-state index in [0.717, 1.165) is 11.3 Å². The molecule has 17 heavy (non-hydrogen) atoms. The molecule has 1 aromatic rings. The van der Waals surface area contributed by atoms with Crippen molar-refractivity contribution in [1.29, 1.82) is 0 Å². The molecule has 1 fully saturated rings. The van der Waals surface area contributed by atoms with Crippen LogP contribution in [0.4, 0.5) is 10.1 Å². The Morgan fingerprint density at radius 3 is 2.88 bits per heavy atom. The molecular weight excluding hydrogens is 221 g/mol. The second-order valence-corrected chi connectivity index (χ2v) is 4.32. The summed E-state index contributed by atoms with van der Waals surface area (Å²) in [4.78, 5) is 11.2. The number of rotatable bonds is 3. The average Bonchev–Trinajstić information content (AvgIpc) is 2.67. The van der Waals surface area contributed by atoms with Crippen molar-refractivity contribution in [2.24, 2.45) is 5.73 Å². The van der Waals surface area contributed by atoms with Gasteiger partial charge in [-0.1, -0.05) is 6.07 Å². The Morgan fingerprint density at radius 1 is 1.53 bits per heavy atom. The predicted octanol–water partition coefficient (Wildman–Crippen LogP) is 0.816. The van der Waals surface area contributed by atoms with Crippen LogP contribution in [0.1, 0.15) is 15.9 Å². The molecule has 1 amide bonds. The van der Waals surface area contributed by atoms with E-state index in [9.17, 15) is 9.18 Å². The number of halogens is 1. The molecule has 4 N–H and O–H groups in total. The Bertz CT molecular complexity index is 436. The van der Waals surface area contributed by atoms with Gasteiger partial charge in [0.2, 0.25) is 5.91 Å². The van der Waals surface area contributed by atoms with E-state index in [1.807, 2.05) is 13.0 Å². The van der Waals surface area contributed by atoms with Gasteiger partial charge in [0.05, 0.1) is 6.04 Å². The second-order valence-electron chi connectivity index (χ2n) is 4.32. The van der Waals surface area contributed by atoms with Crippen LogP contribution in [0.3, 0.4) is 0 Å². The van der Waals surface area contributed by atoms with Crippen LogP contribution in [0.2, 0.25) is 0 Å². The van der Waals surface area contributed by atoms with Gasteiger partial charge in [0.25, 0.3) is 0 Å². The highest BCUT2D eigenvalue weighted by Gasteiger charge is 2.26. The van der Waals surface area contributed by atoms with E-state index in [-0.39, 0.29) is 6.04 Å². The summed E-state index contributed by atoms with van der Waals surface area (Å²) in [6.07, 6.45) is -0.909. The summed E-state index contributed by atoms with van der Waals surface area (Å²) in [7, 11) is 0. The van der Waals surface area contributed by atoms with E-state index in [1.165, 1.54) is 0 Å². The number of alkyl halides is 1. The summed E-state index contributed by atoms with van der Waals surface area (Å²) in [5.41, 5.74) is 7.28. The lowest BCUT2D eigenvalue weighted by Gasteiger charge is -2.16. The van der Waals surface area contributed by atoms with Crippen LogP contribution in [0.25, 0.3) is 0 Å². The lowest BCUT2D eigenvalue weighted by molar-refractivity contribution is 0.1000. The number of benzene rings is 1. The molecule has 0 aromatic heterocycles. The smallest absolute Gasteiger partial charge is 0.249 e. The number of nitrogens with two attached hydrogens (primary N) is 1. The Balaban J connectivity index is 2.16. The number of nitrogens with one attached hydrogen (secondary N) is 2. The minimum atomic E-state index is -0.909. The number of hydrogen-bond acceptors (Lipinski definition) is 3. The summed E-state index contributed by atoms with van der Waals surface area (Å²) in [5.74, 6) is -0.465. The molecule has 1 saturated heterocycles. The minimum absolute atomic E-state index is 0.251. The fourth-order valence-electron chi connectivity index (χ4n) is 1.98. The van der Waals surface area contributed by atoms with E-state index in [0.29, 0.717) is 18.7 Å². The number of primary amides is 1. The summed E-state index contributed by atoms with van der Waals surface area (Å²) in [6, 6.07) is 5.05. The average molecular weight is 237 g/mol. The van der Waals surface area contributed by atoms with Gasteiger partial charge >= 0.3 is 0 Å². The quantitative estimate of drug-likeness (QED) is 0.729. The molecule has 2 rings (SSSR count). The van der Waals surface area contributed by atoms with Crippen LogP contribution in [-0.4, -0.2) is 31.2 Å². The zero-order valence-corrected chi connectivity index (χ0v) is 9.66. The van der Waals surface area contributed by atoms with E-state index < -0.39 is 12.1 Å². The number of amides is 1. The van der Waals surface area contributed by atoms with Gasteiger partial charge in [-0.3, -0.25) is 4.79 Å². The first-order valence-corrected chi connectivity index (χ1v) is 5.59. The summed E-state index contributed by atoms with van der Waals surface area (Å²) < 4.78 is 13.4. The van der Waals surface area contributed by atoms with E-state index in [2.05, 4.69) is 10.6 Å². The maximum atomic E-state index is 13.4. The zero-order chi connectivity index (χ0) is 12.4. The maximum Gasteiger partial charge on any atom is 0.249 e. The van der Waals surface area contributed by atoms with Crippen LogP contribution in [-0.2, 0) is 0 Å². The van der Waals surface area contributed by atoms with Crippen molar-refractivity contribution in [3.8, 4) is 0 Å². The minimum Gasteiger partial charge on any atom is -0.378 e. The summed E-state index contributed by atoms with van der Waals surface area (Å²) >= 11 is 0. The highest BCUT2D eigenvalue weighted by molar-refractivity contribution is 5.95. The fourth-order valence-corrected chi connectivity index (χ4v) is 1.98. The molecule has 0 saturated carbocycles. The van der Waals surface area contributed by atoms with E-state index in [4.69, 9.17) is 5.73 Å². The molecule has 92 valence electrons. The molecular formula is C12H16FN3O. The first kappa shape index (κ1) is 11.9.